The van der Waals surface area contributed by atoms with Gasteiger partial charge in [0.1, 0.15) is 5.75 Å². The molecule has 1 aromatic heterocycles. The highest BCUT2D eigenvalue weighted by Gasteiger charge is 2.17. The van der Waals surface area contributed by atoms with E-state index < -0.39 is 5.97 Å². The van der Waals surface area contributed by atoms with E-state index in [1.807, 2.05) is 24.3 Å². The number of carbonyl (C=O) groups excluding carboxylic acids is 1. The van der Waals surface area contributed by atoms with Gasteiger partial charge in [0.2, 0.25) is 0 Å². The number of hydrogen-bond acceptors (Lipinski definition) is 5. The van der Waals surface area contributed by atoms with Crippen LogP contribution in [0.3, 0.4) is 0 Å². The SMILES string of the molecule is COC(=O)c1sc(N)cc1OCCc1ccccc1Cl. The number of methoxy groups -OCH3 is 1. The molecule has 0 bridgehead atoms. The van der Waals surface area contributed by atoms with Crippen LogP contribution >= 0.6 is 22.9 Å². The summed E-state index contributed by atoms with van der Waals surface area (Å²) in [6.45, 7) is 0.407. The molecule has 0 fully saturated rings. The van der Waals surface area contributed by atoms with Crippen LogP contribution < -0.4 is 10.5 Å². The van der Waals surface area contributed by atoms with Crippen molar-refractivity contribution in [3.63, 3.8) is 0 Å². The Bertz CT molecular complexity index is 612. The predicted octanol–water partition coefficient (Wildman–Crippen LogP) is 3.39. The normalized spacial score (nSPS) is 10.3. The third-order valence-corrected chi connectivity index (χ3v) is 3.97. The number of benzene rings is 1. The van der Waals surface area contributed by atoms with Crippen molar-refractivity contribution >= 4 is 33.9 Å². The van der Waals surface area contributed by atoms with Crippen molar-refractivity contribution in [1.29, 1.82) is 0 Å². The molecule has 6 heteroatoms. The summed E-state index contributed by atoms with van der Waals surface area (Å²) in [7, 11) is 1.33. The fourth-order valence-corrected chi connectivity index (χ4v) is 2.72. The van der Waals surface area contributed by atoms with Gasteiger partial charge in [0, 0.05) is 17.5 Å². The molecule has 0 aliphatic heterocycles. The van der Waals surface area contributed by atoms with Gasteiger partial charge in [-0.05, 0) is 11.6 Å². The molecule has 0 aliphatic carbocycles. The summed E-state index contributed by atoms with van der Waals surface area (Å²) >= 11 is 7.22. The minimum Gasteiger partial charge on any atom is -0.491 e. The lowest BCUT2D eigenvalue weighted by Gasteiger charge is -2.07. The lowest BCUT2D eigenvalue weighted by molar-refractivity contribution is 0.0602. The first-order valence-corrected chi connectivity index (χ1v) is 7.15. The van der Waals surface area contributed by atoms with Crippen LogP contribution in [0.2, 0.25) is 5.02 Å². The van der Waals surface area contributed by atoms with Gasteiger partial charge >= 0.3 is 5.97 Å². The van der Waals surface area contributed by atoms with Crippen LogP contribution in [-0.4, -0.2) is 19.7 Å². The largest absolute Gasteiger partial charge is 0.491 e. The Morgan fingerprint density at radius 1 is 1.40 bits per heavy atom. The molecule has 1 heterocycles. The van der Waals surface area contributed by atoms with Crippen molar-refractivity contribution < 1.29 is 14.3 Å². The van der Waals surface area contributed by atoms with Gasteiger partial charge in [0.05, 0.1) is 18.7 Å². The van der Waals surface area contributed by atoms with Crippen molar-refractivity contribution in [2.24, 2.45) is 0 Å². The van der Waals surface area contributed by atoms with E-state index in [1.54, 1.807) is 6.07 Å². The Balaban J connectivity index is 2.01. The van der Waals surface area contributed by atoms with Gasteiger partial charge in [-0.3, -0.25) is 0 Å². The average Bonchev–Trinajstić information content (AvgIpc) is 2.81. The Labute approximate surface area is 126 Å². The number of esters is 1. The van der Waals surface area contributed by atoms with Gasteiger partial charge in [0.25, 0.3) is 0 Å². The maximum absolute atomic E-state index is 11.6. The van der Waals surface area contributed by atoms with Crippen molar-refractivity contribution in [2.75, 3.05) is 19.5 Å². The molecule has 0 amide bonds. The van der Waals surface area contributed by atoms with Crippen LogP contribution in [0.25, 0.3) is 0 Å². The van der Waals surface area contributed by atoms with E-state index >= 15 is 0 Å². The molecule has 20 heavy (non-hydrogen) atoms. The van der Waals surface area contributed by atoms with Crippen LogP contribution in [0, 0.1) is 0 Å². The summed E-state index contributed by atoms with van der Waals surface area (Å²) in [4.78, 5) is 11.9. The maximum Gasteiger partial charge on any atom is 0.351 e. The number of thiophene rings is 1. The Hall–Kier alpha value is -1.72. The van der Waals surface area contributed by atoms with E-state index in [2.05, 4.69) is 4.74 Å². The lowest BCUT2D eigenvalue weighted by atomic mass is 10.2. The molecular formula is C14H14ClNO3S. The number of rotatable bonds is 5. The van der Waals surface area contributed by atoms with E-state index in [4.69, 9.17) is 22.1 Å². The number of ether oxygens (including phenoxy) is 2. The van der Waals surface area contributed by atoms with Gasteiger partial charge < -0.3 is 15.2 Å². The molecule has 0 unspecified atom stereocenters. The molecule has 4 nitrogen and oxygen atoms in total. The number of hydrogen-bond donors (Lipinski definition) is 1. The van der Waals surface area contributed by atoms with E-state index in [-0.39, 0.29) is 0 Å². The molecule has 0 aliphatic rings. The van der Waals surface area contributed by atoms with Crippen LogP contribution in [0.5, 0.6) is 5.75 Å². The number of nitrogens with two attached hydrogens (primary N) is 1. The molecule has 2 aromatic rings. The van der Waals surface area contributed by atoms with Gasteiger partial charge in [-0.15, -0.1) is 11.3 Å². The van der Waals surface area contributed by atoms with E-state index in [0.29, 0.717) is 33.7 Å². The second-order valence-electron chi connectivity index (χ2n) is 4.02. The van der Waals surface area contributed by atoms with Gasteiger partial charge in [0.15, 0.2) is 4.88 Å². The van der Waals surface area contributed by atoms with Crippen LogP contribution in [-0.2, 0) is 11.2 Å². The first-order chi connectivity index (χ1) is 9.61. The monoisotopic (exact) mass is 311 g/mol. The molecule has 0 saturated heterocycles. The van der Waals surface area contributed by atoms with Gasteiger partial charge in [-0.25, -0.2) is 4.79 Å². The number of carbonyl (C=O) groups is 1. The highest BCUT2D eigenvalue weighted by molar-refractivity contribution is 7.18. The second-order valence-corrected chi connectivity index (χ2v) is 5.51. The first-order valence-electron chi connectivity index (χ1n) is 5.95. The van der Waals surface area contributed by atoms with Crippen LogP contribution in [0.15, 0.2) is 30.3 Å². The maximum atomic E-state index is 11.6. The van der Waals surface area contributed by atoms with E-state index in [9.17, 15) is 4.79 Å². The highest BCUT2D eigenvalue weighted by Crippen LogP contribution is 2.32. The molecule has 2 rings (SSSR count). The highest BCUT2D eigenvalue weighted by atomic mass is 35.5. The smallest absolute Gasteiger partial charge is 0.351 e. The standard InChI is InChI=1S/C14H14ClNO3S/c1-18-14(17)13-11(8-12(16)20-13)19-7-6-9-4-2-3-5-10(9)15/h2-5,8H,6-7,16H2,1H3. The van der Waals surface area contributed by atoms with Gasteiger partial charge in [-0.2, -0.15) is 0 Å². The second kappa shape index (κ2) is 6.63. The summed E-state index contributed by atoms with van der Waals surface area (Å²) < 4.78 is 10.3. The minimum atomic E-state index is -0.445. The molecule has 0 radical (unpaired) electrons. The Kier molecular flexibility index (Phi) is 4.87. The van der Waals surface area contributed by atoms with Crippen molar-refractivity contribution in [1.82, 2.24) is 0 Å². The van der Waals surface area contributed by atoms with Crippen LogP contribution in [0.4, 0.5) is 5.00 Å². The number of halogens is 1. The lowest BCUT2D eigenvalue weighted by Crippen LogP contribution is -2.05. The zero-order valence-corrected chi connectivity index (χ0v) is 12.5. The third kappa shape index (κ3) is 3.43. The summed E-state index contributed by atoms with van der Waals surface area (Å²) in [5.41, 5.74) is 6.69. The minimum absolute atomic E-state index is 0.379. The van der Waals surface area contributed by atoms with E-state index in [1.165, 1.54) is 7.11 Å². The Morgan fingerprint density at radius 3 is 2.85 bits per heavy atom. The van der Waals surface area contributed by atoms with Crippen molar-refractivity contribution in [3.8, 4) is 5.75 Å². The average molecular weight is 312 g/mol. The third-order valence-electron chi connectivity index (χ3n) is 2.67. The van der Waals surface area contributed by atoms with Crippen molar-refractivity contribution in [3.05, 3.63) is 45.8 Å². The molecule has 106 valence electrons. The van der Waals surface area contributed by atoms with Gasteiger partial charge in [-0.1, -0.05) is 29.8 Å². The summed E-state index contributed by atoms with van der Waals surface area (Å²) in [5, 5.41) is 1.22. The summed E-state index contributed by atoms with van der Waals surface area (Å²) in [5.74, 6) is 0.00541. The fraction of sp³-hybridized carbons (Fsp3) is 0.214. The molecule has 2 N–H and O–H groups in total. The van der Waals surface area contributed by atoms with E-state index in [0.717, 1.165) is 16.9 Å². The first kappa shape index (κ1) is 14.7. The van der Waals surface area contributed by atoms with Crippen LogP contribution in [0.1, 0.15) is 15.2 Å². The quantitative estimate of drug-likeness (QED) is 0.860. The molecule has 1 aromatic carbocycles. The molecule has 0 atom stereocenters. The Morgan fingerprint density at radius 2 is 2.15 bits per heavy atom. The summed E-state index contributed by atoms with van der Waals surface area (Å²) in [6.07, 6.45) is 0.649. The molecule has 0 saturated carbocycles. The predicted molar refractivity (Wildman–Crippen MR) is 80.7 cm³/mol. The molecule has 0 spiro atoms. The fourth-order valence-electron chi connectivity index (χ4n) is 1.71. The zero-order chi connectivity index (χ0) is 14.5. The topological polar surface area (TPSA) is 61.5 Å². The number of anilines is 1. The summed E-state index contributed by atoms with van der Waals surface area (Å²) in [6, 6.07) is 9.20. The number of nitrogen functional groups attached to an aromatic ring is 1. The van der Waals surface area contributed by atoms with Crippen molar-refractivity contribution in [2.45, 2.75) is 6.42 Å². The molecular weight excluding hydrogens is 298 g/mol. The zero-order valence-electron chi connectivity index (χ0n) is 10.9.